The Bertz CT molecular complexity index is 1130. The first-order valence-corrected chi connectivity index (χ1v) is 8.20. The van der Waals surface area contributed by atoms with Crippen LogP contribution >= 0.6 is 0 Å². The molecule has 0 unspecified atom stereocenters. The predicted octanol–water partition coefficient (Wildman–Crippen LogP) is 4.93. The molecule has 3 rings (SSSR count). The van der Waals surface area contributed by atoms with Crippen molar-refractivity contribution in [1.82, 2.24) is 0 Å². The highest BCUT2D eigenvalue weighted by atomic mass is 16.6. The number of allylic oxidation sites excluding steroid dienone is 1. The van der Waals surface area contributed by atoms with Gasteiger partial charge in [0.05, 0.1) is 22.1 Å². The second-order valence-electron chi connectivity index (χ2n) is 5.96. The number of nitro groups is 1. The van der Waals surface area contributed by atoms with Gasteiger partial charge in [-0.2, -0.15) is 5.26 Å². The summed E-state index contributed by atoms with van der Waals surface area (Å²) in [5, 5.41) is 29.4. The molecule has 0 saturated carbocycles. The number of nitriles is 1. The van der Waals surface area contributed by atoms with Crippen LogP contribution in [0.25, 0.3) is 23.0 Å². The zero-order chi connectivity index (χ0) is 20.3. The molecule has 0 saturated heterocycles. The van der Waals surface area contributed by atoms with Crippen molar-refractivity contribution in [3.05, 3.63) is 87.2 Å². The second kappa shape index (κ2) is 7.60. The number of aromatic carboxylic acids is 1. The standard InChI is InChI=1S/C21H14N2O5/c1-13-18(3-2-4-19(13)21(24)25)20-10-9-17(28-20)11-15(12-22)14-5-7-16(8-6-14)23(26)27/h2-11H,1H3,(H,24,25)/b15-11-. The first-order chi connectivity index (χ1) is 13.4. The summed E-state index contributed by atoms with van der Waals surface area (Å²) in [4.78, 5) is 21.5. The molecule has 0 atom stereocenters. The van der Waals surface area contributed by atoms with Crippen molar-refractivity contribution in [2.75, 3.05) is 0 Å². The minimum atomic E-state index is -1.02. The fourth-order valence-corrected chi connectivity index (χ4v) is 2.79. The van der Waals surface area contributed by atoms with E-state index < -0.39 is 10.9 Å². The van der Waals surface area contributed by atoms with Crippen molar-refractivity contribution in [2.24, 2.45) is 0 Å². The van der Waals surface area contributed by atoms with Gasteiger partial charge in [-0.05, 0) is 54.5 Å². The Morgan fingerprint density at radius 3 is 2.50 bits per heavy atom. The highest BCUT2D eigenvalue weighted by molar-refractivity contribution is 5.92. The van der Waals surface area contributed by atoms with Gasteiger partial charge in [-0.15, -0.1) is 0 Å². The van der Waals surface area contributed by atoms with Crippen molar-refractivity contribution >= 4 is 23.3 Å². The van der Waals surface area contributed by atoms with Gasteiger partial charge in [0.15, 0.2) is 0 Å². The molecule has 0 spiro atoms. The monoisotopic (exact) mass is 374 g/mol. The lowest BCUT2D eigenvalue weighted by molar-refractivity contribution is -0.384. The number of hydrogen-bond donors (Lipinski definition) is 1. The molecule has 1 heterocycles. The molecule has 0 amide bonds. The molecular formula is C21H14N2O5. The Hall–Kier alpha value is -4.18. The molecule has 2 aromatic carbocycles. The zero-order valence-electron chi connectivity index (χ0n) is 14.7. The highest BCUT2D eigenvalue weighted by Crippen LogP contribution is 2.29. The lowest BCUT2D eigenvalue weighted by Gasteiger charge is -2.06. The third kappa shape index (κ3) is 3.66. The van der Waals surface area contributed by atoms with Crippen LogP contribution in [0.4, 0.5) is 5.69 Å². The lowest BCUT2D eigenvalue weighted by Crippen LogP contribution is -2.00. The summed E-state index contributed by atoms with van der Waals surface area (Å²) >= 11 is 0. The van der Waals surface area contributed by atoms with Crippen LogP contribution in [0.3, 0.4) is 0 Å². The Labute approximate surface area is 159 Å². The van der Waals surface area contributed by atoms with Crippen molar-refractivity contribution in [3.8, 4) is 17.4 Å². The third-order valence-electron chi connectivity index (χ3n) is 4.25. The maximum atomic E-state index is 11.3. The van der Waals surface area contributed by atoms with Crippen LogP contribution in [0.15, 0.2) is 59.0 Å². The van der Waals surface area contributed by atoms with Crippen molar-refractivity contribution in [1.29, 1.82) is 5.26 Å². The van der Waals surface area contributed by atoms with Crippen molar-refractivity contribution in [2.45, 2.75) is 6.92 Å². The molecule has 28 heavy (non-hydrogen) atoms. The van der Waals surface area contributed by atoms with Gasteiger partial charge in [-0.3, -0.25) is 10.1 Å². The van der Waals surface area contributed by atoms with Crippen molar-refractivity contribution in [3.63, 3.8) is 0 Å². The molecule has 138 valence electrons. The summed E-state index contributed by atoms with van der Waals surface area (Å²) in [5.41, 5.74) is 2.16. The van der Waals surface area contributed by atoms with Crippen LogP contribution in [0.2, 0.25) is 0 Å². The van der Waals surface area contributed by atoms with Gasteiger partial charge >= 0.3 is 5.97 Å². The SMILES string of the molecule is Cc1c(C(=O)O)cccc1-c1ccc(/C=C(/C#N)c2ccc([N+](=O)[O-])cc2)o1. The van der Waals surface area contributed by atoms with Gasteiger partial charge in [0.2, 0.25) is 0 Å². The first-order valence-electron chi connectivity index (χ1n) is 8.20. The number of rotatable bonds is 5. The van der Waals surface area contributed by atoms with Gasteiger partial charge in [-0.1, -0.05) is 12.1 Å². The first kappa shape index (κ1) is 18.6. The zero-order valence-corrected chi connectivity index (χ0v) is 14.7. The van der Waals surface area contributed by atoms with E-state index in [1.165, 1.54) is 36.4 Å². The van der Waals surface area contributed by atoms with E-state index in [0.717, 1.165) is 0 Å². The molecule has 0 bridgehead atoms. The average Bonchev–Trinajstić information content (AvgIpc) is 3.14. The normalized spacial score (nSPS) is 11.1. The smallest absolute Gasteiger partial charge is 0.335 e. The Morgan fingerprint density at radius 2 is 1.89 bits per heavy atom. The van der Waals surface area contributed by atoms with Crippen LogP contribution in [0.1, 0.15) is 27.2 Å². The second-order valence-corrected chi connectivity index (χ2v) is 5.96. The minimum Gasteiger partial charge on any atom is -0.478 e. The number of nitro benzene ring substituents is 1. The largest absolute Gasteiger partial charge is 0.478 e. The molecule has 1 aromatic heterocycles. The Balaban J connectivity index is 1.95. The van der Waals surface area contributed by atoms with E-state index in [4.69, 9.17) is 4.42 Å². The van der Waals surface area contributed by atoms with Crippen LogP contribution in [0, 0.1) is 28.4 Å². The quantitative estimate of drug-likeness (QED) is 0.384. The number of carboxylic acid groups (broad SMARTS) is 1. The van der Waals surface area contributed by atoms with Gasteiger partial charge in [0.25, 0.3) is 5.69 Å². The minimum absolute atomic E-state index is 0.0601. The lowest BCUT2D eigenvalue weighted by atomic mass is 10.0. The van der Waals surface area contributed by atoms with Crippen LogP contribution in [-0.4, -0.2) is 16.0 Å². The van der Waals surface area contributed by atoms with Crippen molar-refractivity contribution < 1.29 is 19.2 Å². The number of hydrogen-bond acceptors (Lipinski definition) is 5. The molecule has 1 N–H and O–H groups in total. The highest BCUT2D eigenvalue weighted by Gasteiger charge is 2.14. The topological polar surface area (TPSA) is 117 Å². The van der Waals surface area contributed by atoms with Gasteiger partial charge in [0, 0.05) is 17.7 Å². The number of non-ortho nitro benzene ring substituents is 1. The molecule has 0 radical (unpaired) electrons. The number of carboxylic acids is 1. The molecule has 0 aliphatic heterocycles. The Kier molecular flexibility index (Phi) is 5.05. The molecule has 0 aliphatic carbocycles. The number of furan rings is 1. The molecule has 7 nitrogen and oxygen atoms in total. The van der Waals surface area contributed by atoms with Crippen LogP contribution < -0.4 is 0 Å². The Morgan fingerprint density at radius 1 is 1.18 bits per heavy atom. The average molecular weight is 374 g/mol. The van der Waals surface area contributed by atoms with E-state index in [9.17, 15) is 25.3 Å². The summed E-state index contributed by atoms with van der Waals surface area (Å²) in [6, 6.07) is 16.0. The molecule has 7 heteroatoms. The molecule has 3 aromatic rings. The van der Waals surface area contributed by atoms with E-state index in [0.29, 0.717) is 28.2 Å². The van der Waals surface area contributed by atoms with E-state index >= 15 is 0 Å². The van der Waals surface area contributed by atoms with E-state index in [2.05, 4.69) is 6.07 Å². The summed E-state index contributed by atoms with van der Waals surface area (Å²) in [6.07, 6.45) is 1.53. The fraction of sp³-hybridized carbons (Fsp3) is 0.0476. The third-order valence-corrected chi connectivity index (χ3v) is 4.25. The van der Waals surface area contributed by atoms with Crippen LogP contribution in [0.5, 0.6) is 0 Å². The summed E-state index contributed by atoms with van der Waals surface area (Å²) in [5.74, 6) is -0.131. The van der Waals surface area contributed by atoms with E-state index in [1.807, 2.05) is 0 Å². The fourth-order valence-electron chi connectivity index (χ4n) is 2.79. The summed E-state index contributed by atoms with van der Waals surface area (Å²) in [7, 11) is 0. The molecular weight excluding hydrogens is 360 g/mol. The maximum absolute atomic E-state index is 11.3. The van der Waals surface area contributed by atoms with Gasteiger partial charge < -0.3 is 9.52 Å². The summed E-state index contributed by atoms with van der Waals surface area (Å²) in [6.45, 7) is 1.70. The van der Waals surface area contributed by atoms with E-state index in [-0.39, 0.29) is 16.8 Å². The number of benzene rings is 2. The predicted molar refractivity (Wildman–Crippen MR) is 102 cm³/mol. The van der Waals surface area contributed by atoms with E-state index in [1.54, 1.807) is 31.2 Å². The molecule has 0 fully saturated rings. The number of nitrogens with zero attached hydrogens (tertiary/aromatic N) is 2. The van der Waals surface area contributed by atoms with Gasteiger partial charge in [0.1, 0.15) is 11.5 Å². The maximum Gasteiger partial charge on any atom is 0.335 e. The number of carbonyl (C=O) groups is 1. The van der Waals surface area contributed by atoms with Gasteiger partial charge in [-0.25, -0.2) is 4.79 Å². The molecule has 0 aliphatic rings. The van der Waals surface area contributed by atoms with Crippen LogP contribution in [-0.2, 0) is 0 Å². The summed E-state index contributed by atoms with van der Waals surface area (Å²) < 4.78 is 5.77.